The zero-order valence-corrected chi connectivity index (χ0v) is 16.5. The molecule has 1 amide bonds. The highest BCUT2D eigenvalue weighted by molar-refractivity contribution is 6.06. The molecule has 30 heavy (non-hydrogen) atoms. The number of aromatic nitrogens is 4. The average Bonchev–Trinajstić information content (AvgIpc) is 3.41. The minimum Gasteiger partial charge on any atom is -0.497 e. The minimum absolute atomic E-state index is 0.158. The van der Waals surface area contributed by atoms with Crippen molar-refractivity contribution >= 4 is 33.7 Å². The highest BCUT2D eigenvalue weighted by Crippen LogP contribution is 2.29. The number of methoxy groups -OCH3 is 1. The Bertz CT molecular complexity index is 1380. The highest BCUT2D eigenvalue weighted by atomic mass is 16.5. The molecule has 0 bridgehead atoms. The van der Waals surface area contributed by atoms with E-state index < -0.39 is 0 Å². The van der Waals surface area contributed by atoms with Crippen LogP contribution < -0.4 is 9.64 Å². The van der Waals surface area contributed by atoms with Gasteiger partial charge in [0.1, 0.15) is 17.3 Å². The Labute approximate surface area is 172 Å². The van der Waals surface area contributed by atoms with Crippen LogP contribution >= 0.6 is 0 Å². The Kier molecular flexibility index (Phi) is 4.21. The smallest absolute Gasteiger partial charge is 0.259 e. The van der Waals surface area contributed by atoms with Crippen LogP contribution in [-0.4, -0.2) is 40.2 Å². The molecule has 0 aliphatic rings. The van der Waals surface area contributed by atoms with Crippen LogP contribution in [0, 0.1) is 0 Å². The first-order valence-electron chi connectivity index (χ1n) is 9.49. The van der Waals surface area contributed by atoms with Crippen molar-refractivity contribution in [2.75, 3.05) is 19.1 Å². The molecule has 5 aromatic rings. The van der Waals surface area contributed by atoms with Crippen LogP contribution in [0.15, 0.2) is 66.7 Å². The van der Waals surface area contributed by atoms with Gasteiger partial charge in [0.05, 0.1) is 29.4 Å². The number of amides is 1. The van der Waals surface area contributed by atoms with Crippen molar-refractivity contribution < 1.29 is 9.53 Å². The molecule has 5 rings (SSSR count). The summed E-state index contributed by atoms with van der Waals surface area (Å²) in [4.78, 5) is 22.5. The van der Waals surface area contributed by atoms with Crippen molar-refractivity contribution in [1.29, 1.82) is 0 Å². The quantitative estimate of drug-likeness (QED) is 0.471. The van der Waals surface area contributed by atoms with E-state index in [1.165, 1.54) is 4.90 Å². The number of H-pyrrole nitrogens is 2. The number of nitrogens with zero attached hydrogens (tertiary/aromatic N) is 3. The van der Waals surface area contributed by atoms with Gasteiger partial charge in [0, 0.05) is 18.0 Å². The minimum atomic E-state index is -0.158. The van der Waals surface area contributed by atoms with E-state index in [2.05, 4.69) is 20.2 Å². The second kappa shape index (κ2) is 7.04. The summed E-state index contributed by atoms with van der Waals surface area (Å²) in [5.41, 5.74) is 4.86. The number of fused-ring (bicyclic) bond motifs is 2. The number of pyridine rings is 1. The van der Waals surface area contributed by atoms with Crippen LogP contribution in [0.3, 0.4) is 0 Å². The van der Waals surface area contributed by atoms with Crippen LogP contribution in [0.25, 0.3) is 33.3 Å². The largest absolute Gasteiger partial charge is 0.497 e. The molecule has 0 saturated carbocycles. The fraction of sp³-hybridized carbons (Fsp3) is 0.0870. The molecule has 0 fully saturated rings. The van der Waals surface area contributed by atoms with Gasteiger partial charge in [-0.15, -0.1) is 0 Å². The summed E-state index contributed by atoms with van der Waals surface area (Å²) in [7, 11) is 3.29. The van der Waals surface area contributed by atoms with E-state index in [0.717, 1.165) is 33.3 Å². The van der Waals surface area contributed by atoms with Crippen molar-refractivity contribution in [3.63, 3.8) is 0 Å². The van der Waals surface area contributed by atoms with Crippen LogP contribution in [0.4, 0.5) is 5.82 Å². The van der Waals surface area contributed by atoms with Gasteiger partial charge in [-0.2, -0.15) is 5.10 Å². The molecule has 2 N–H and O–H groups in total. The first-order valence-corrected chi connectivity index (χ1v) is 9.49. The number of anilines is 1. The number of hydrogen-bond acceptors (Lipinski definition) is 4. The summed E-state index contributed by atoms with van der Waals surface area (Å²) in [5, 5.41) is 8.53. The van der Waals surface area contributed by atoms with Gasteiger partial charge < -0.3 is 9.72 Å². The fourth-order valence-electron chi connectivity index (χ4n) is 3.53. The van der Waals surface area contributed by atoms with E-state index in [1.54, 1.807) is 38.4 Å². The predicted molar refractivity (Wildman–Crippen MR) is 117 cm³/mol. The first kappa shape index (κ1) is 17.9. The van der Waals surface area contributed by atoms with E-state index in [-0.39, 0.29) is 5.91 Å². The van der Waals surface area contributed by atoms with Gasteiger partial charge in [-0.25, -0.2) is 4.98 Å². The Balaban J connectivity index is 1.50. The lowest BCUT2D eigenvalue weighted by Gasteiger charge is -2.16. The second-order valence-electron chi connectivity index (χ2n) is 7.00. The lowest BCUT2D eigenvalue weighted by molar-refractivity contribution is 0.0992. The van der Waals surface area contributed by atoms with Gasteiger partial charge >= 0.3 is 0 Å². The topological polar surface area (TPSA) is 86.9 Å². The molecular formula is C23H19N5O2. The molecule has 0 unspecified atom stereocenters. The number of carbonyl (C=O) groups excluding carboxylic acids is 1. The molecule has 7 heteroatoms. The van der Waals surface area contributed by atoms with Crippen LogP contribution in [0.5, 0.6) is 5.75 Å². The van der Waals surface area contributed by atoms with E-state index in [1.807, 2.05) is 42.5 Å². The molecule has 3 aromatic heterocycles. The van der Waals surface area contributed by atoms with Gasteiger partial charge in [-0.05, 0) is 42.5 Å². The van der Waals surface area contributed by atoms with Crippen molar-refractivity contribution in [3.05, 3.63) is 72.3 Å². The summed E-state index contributed by atoms with van der Waals surface area (Å²) in [5.74, 6) is 1.04. The lowest BCUT2D eigenvalue weighted by atomic mass is 10.2. The van der Waals surface area contributed by atoms with Gasteiger partial charge in [0.25, 0.3) is 5.91 Å². The van der Waals surface area contributed by atoms with Crippen LogP contribution in [0.1, 0.15) is 10.4 Å². The third-order valence-corrected chi connectivity index (χ3v) is 5.15. The number of hydrogen-bond donors (Lipinski definition) is 2. The summed E-state index contributed by atoms with van der Waals surface area (Å²) in [6, 6.07) is 20.7. The van der Waals surface area contributed by atoms with Crippen molar-refractivity contribution in [3.8, 4) is 17.1 Å². The van der Waals surface area contributed by atoms with E-state index in [4.69, 9.17) is 4.74 Å². The molecule has 0 radical (unpaired) electrons. The zero-order chi connectivity index (χ0) is 20.7. The van der Waals surface area contributed by atoms with E-state index in [9.17, 15) is 4.79 Å². The zero-order valence-electron chi connectivity index (χ0n) is 16.5. The van der Waals surface area contributed by atoms with E-state index in [0.29, 0.717) is 17.1 Å². The van der Waals surface area contributed by atoms with Crippen molar-refractivity contribution in [2.45, 2.75) is 0 Å². The number of benzene rings is 2. The standard InChI is InChI=1S/C23H19N5O2/c1-28(23(29)14-6-5-7-15(12-14)30-2)21-11-10-18-19(25-21)13-20(24-18)22-16-8-3-4-9-17(16)26-27-22/h3-13,24H,1-2H3,(H,26,27). The predicted octanol–water partition coefficient (Wildman–Crippen LogP) is 4.39. The average molecular weight is 397 g/mol. The van der Waals surface area contributed by atoms with Gasteiger partial charge in [-0.3, -0.25) is 14.8 Å². The summed E-state index contributed by atoms with van der Waals surface area (Å²) in [6.45, 7) is 0. The Morgan fingerprint density at radius 2 is 1.87 bits per heavy atom. The SMILES string of the molecule is COc1cccc(C(=O)N(C)c2ccc3[nH]c(-c4n[nH]c5ccccc45)cc3n2)c1. The molecule has 0 aliphatic carbocycles. The number of ether oxygens (including phenoxy) is 1. The molecule has 148 valence electrons. The molecule has 0 saturated heterocycles. The van der Waals surface area contributed by atoms with E-state index >= 15 is 0 Å². The fourth-order valence-corrected chi connectivity index (χ4v) is 3.53. The third-order valence-electron chi connectivity index (χ3n) is 5.15. The number of para-hydroxylation sites is 1. The first-order chi connectivity index (χ1) is 14.6. The Hall–Kier alpha value is -4.13. The Morgan fingerprint density at radius 1 is 1.00 bits per heavy atom. The maximum absolute atomic E-state index is 12.9. The molecule has 2 aromatic carbocycles. The van der Waals surface area contributed by atoms with Gasteiger partial charge in [0.15, 0.2) is 0 Å². The number of rotatable bonds is 4. The number of aromatic amines is 2. The Morgan fingerprint density at radius 3 is 2.73 bits per heavy atom. The second-order valence-corrected chi connectivity index (χ2v) is 7.00. The molecule has 3 heterocycles. The monoisotopic (exact) mass is 397 g/mol. The number of nitrogens with one attached hydrogen (secondary N) is 2. The molecule has 0 aliphatic heterocycles. The van der Waals surface area contributed by atoms with Crippen LogP contribution in [0.2, 0.25) is 0 Å². The van der Waals surface area contributed by atoms with Crippen molar-refractivity contribution in [1.82, 2.24) is 20.2 Å². The highest BCUT2D eigenvalue weighted by Gasteiger charge is 2.17. The third kappa shape index (κ3) is 2.97. The molecular weight excluding hydrogens is 378 g/mol. The van der Waals surface area contributed by atoms with Gasteiger partial charge in [-0.1, -0.05) is 24.3 Å². The maximum Gasteiger partial charge on any atom is 0.259 e. The number of carbonyl (C=O) groups is 1. The molecule has 0 spiro atoms. The summed E-state index contributed by atoms with van der Waals surface area (Å²) < 4.78 is 5.22. The molecule has 7 nitrogen and oxygen atoms in total. The lowest BCUT2D eigenvalue weighted by Crippen LogP contribution is -2.27. The molecule has 0 atom stereocenters. The van der Waals surface area contributed by atoms with Crippen molar-refractivity contribution in [2.24, 2.45) is 0 Å². The van der Waals surface area contributed by atoms with Gasteiger partial charge in [0.2, 0.25) is 0 Å². The summed E-state index contributed by atoms with van der Waals surface area (Å²) >= 11 is 0. The normalized spacial score (nSPS) is 11.1. The maximum atomic E-state index is 12.9. The summed E-state index contributed by atoms with van der Waals surface area (Å²) in [6.07, 6.45) is 0. The van der Waals surface area contributed by atoms with Crippen LogP contribution in [-0.2, 0) is 0 Å².